The molecule has 2 aliphatic rings. The zero-order valence-corrected chi connectivity index (χ0v) is 19.9. The molecule has 7 nitrogen and oxygen atoms in total. The maximum Gasteiger partial charge on any atom is 0.407 e. The molecule has 1 fully saturated rings. The van der Waals surface area contributed by atoms with Crippen molar-refractivity contribution in [3.05, 3.63) is 59.7 Å². The van der Waals surface area contributed by atoms with Gasteiger partial charge in [-0.3, -0.25) is 4.79 Å². The summed E-state index contributed by atoms with van der Waals surface area (Å²) in [6.07, 6.45) is 0.824. The third kappa shape index (κ3) is 4.52. The highest BCUT2D eigenvalue weighted by molar-refractivity contribution is 5.90. The van der Waals surface area contributed by atoms with Crippen LogP contribution >= 0.6 is 0 Å². The Balaban J connectivity index is 1.45. The number of aliphatic carboxylic acids is 1. The largest absolute Gasteiger partial charge is 0.480 e. The zero-order valence-electron chi connectivity index (χ0n) is 19.9. The van der Waals surface area contributed by atoms with Gasteiger partial charge in [-0.15, -0.1) is 0 Å². The van der Waals surface area contributed by atoms with Crippen LogP contribution in [0.15, 0.2) is 48.5 Å². The Labute approximate surface area is 200 Å². The van der Waals surface area contributed by atoms with Gasteiger partial charge in [-0.2, -0.15) is 0 Å². The van der Waals surface area contributed by atoms with Crippen molar-refractivity contribution in [1.82, 2.24) is 10.2 Å². The first-order valence-corrected chi connectivity index (χ1v) is 11.9. The monoisotopic (exact) mass is 464 g/mol. The van der Waals surface area contributed by atoms with Gasteiger partial charge in [0.05, 0.1) is 0 Å². The molecule has 2 amide bonds. The van der Waals surface area contributed by atoms with Crippen LogP contribution < -0.4 is 5.32 Å². The molecule has 2 unspecified atom stereocenters. The van der Waals surface area contributed by atoms with Crippen molar-refractivity contribution >= 4 is 18.0 Å². The van der Waals surface area contributed by atoms with E-state index in [1.54, 1.807) is 0 Å². The number of amides is 2. The summed E-state index contributed by atoms with van der Waals surface area (Å²) in [6.45, 7) is 6.03. The first-order valence-electron chi connectivity index (χ1n) is 11.9. The molecule has 0 saturated carbocycles. The molecule has 1 heterocycles. The summed E-state index contributed by atoms with van der Waals surface area (Å²) in [5.74, 6) is -1.82. The van der Waals surface area contributed by atoms with Gasteiger partial charge in [-0.1, -0.05) is 69.3 Å². The van der Waals surface area contributed by atoms with Crippen LogP contribution in [0.4, 0.5) is 4.79 Å². The average molecular weight is 465 g/mol. The van der Waals surface area contributed by atoms with Crippen molar-refractivity contribution in [3.8, 4) is 11.1 Å². The Morgan fingerprint density at radius 1 is 1.06 bits per heavy atom. The molecule has 2 aromatic carbocycles. The fourth-order valence-corrected chi connectivity index (χ4v) is 5.27. The molecule has 3 atom stereocenters. The number of benzene rings is 2. The van der Waals surface area contributed by atoms with Crippen molar-refractivity contribution in [2.24, 2.45) is 11.8 Å². The number of carbonyl (C=O) groups excluding carboxylic acids is 2. The van der Waals surface area contributed by atoms with Crippen LogP contribution in [0.3, 0.4) is 0 Å². The Hall–Kier alpha value is -3.35. The number of nitrogens with zero attached hydrogens (tertiary/aromatic N) is 1. The summed E-state index contributed by atoms with van der Waals surface area (Å²) in [5.41, 5.74) is 4.50. The maximum atomic E-state index is 13.3. The van der Waals surface area contributed by atoms with E-state index in [1.165, 1.54) is 4.90 Å². The van der Waals surface area contributed by atoms with Gasteiger partial charge in [0, 0.05) is 12.5 Å². The molecule has 0 bridgehead atoms. The highest BCUT2D eigenvalue weighted by Gasteiger charge is 2.40. The van der Waals surface area contributed by atoms with Crippen LogP contribution in [-0.2, 0) is 14.3 Å². The lowest BCUT2D eigenvalue weighted by Crippen LogP contribution is -2.59. The van der Waals surface area contributed by atoms with Crippen molar-refractivity contribution in [3.63, 3.8) is 0 Å². The molecule has 0 spiro atoms. The van der Waals surface area contributed by atoms with E-state index < -0.39 is 24.1 Å². The third-order valence-corrected chi connectivity index (χ3v) is 7.02. The summed E-state index contributed by atoms with van der Waals surface area (Å²) in [4.78, 5) is 39.3. The molecule has 1 aliphatic carbocycles. The summed E-state index contributed by atoms with van der Waals surface area (Å²) in [5, 5.41) is 12.4. The SMILES string of the molecule is CC1CCCN(C(=O)[C@@H](NC(=O)OCC2c3ccccc3-c3ccccc32)C(C)C)C1C(=O)O. The zero-order chi connectivity index (χ0) is 24.4. The summed E-state index contributed by atoms with van der Waals surface area (Å²) >= 11 is 0. The first-order chi connectivity index (χ1) is 16.3. The van der Waals surface area contributed by atoms with E-state index in [-0.39, 0.29) is 30.3 Å². The van der Waals surface area contributed by atoms with Crippen LogP contribution in [0.1, 0.15) is 50.7 Å². The van der Waals surface area contributed by atoms with Gasteiger partial charge in [-0.05, 0) is 46.9 Å². The molecule has 180 valence electrons. The number of alkyl carbamates (subject to hydrolysis) is 1. The topological polar surface area (TPSA) is 95.9 Å². The number of fused-ring (bicyclic) bond motifs is 3. The van der Waals surface area contributed by atoms with Gasteiger partial charge in [0.1, 0.15) is 18.7 Å². The van der Waals surface area contributed by atoms with Crippen LogP contribution in [0, 0.1) is 11.8 Å². The van der Waals surface area contributed by atoms with E-state index in [2.05, 4.69) is 17.4 Å². The number of nitrogens with one attached hydrogen (secondary N) is 1. The number of hydrogen-bond donors (Lipinski definition) is 2. The van der Waals surface area contributed by atoms with E-state index >= 15 is 0 Å². The standard InChI is InChI=1S/C27H32N2O5/c1-16(2)23(25(30)29-14-8-9-17(3)24(29)26(31)32)28-27(33)34-15-22-20-12-6-4-10-18(20)19-11-5-7-13-21(19)22/h4-7,10-13,16-17,22-24H,8-9,14-15H2,1-3H3,(H,28,33)(H,31,32)/t17?,23-,24?/m0/s1. The molecule has 2 aromatic rings. The van der Waals surface area contributed by atoms with Gasteiger partial charge in [0.2, 0.25) is 5.91 Å². The fraction of sp³-hybridized carbons (Fsp3) is 0.444. The maximum absolute atomic E-state index is 13.3. The number of carboxylic acids is 1. The Morgan fingerprint density at radius 3 is 2.21 bits per heavy atom. The lowest BCUT2D eigenvalue weighted by Gasteiger charge is -2.39. The van der Waals surface area contributed by atoms with Crippen LogP contribution in [0.25, 0.3) is 11.1 Å². The number of rotatable bonds is 6. The second kappa shape index (κ2) is 9.87. The summed E-state index contributed by atoms with van der Waals surface area (Å²) < 4.78 is 5.62. The van der Waals surface area contributed by atoms with Crippen molar-refractivity contribution in [2.75, 3.05) is 13.2 Å². The van der Waals surface area contributed by atoms with Crippen molar-refractivity contribution in [1.29, 1.82) is 0 Å². The van der Waals surface area contributed by atoms with Gasteiger partial charge in [0.25, 0.3) is 0 Å². The molecule has 1 aliphatic heterocycles. The summed E-state index contributed by atoms with van der Waals surface area (Å²) in [6, 6.07) is 14.4. The molecule has 0 aromatic heterocycles. The molecule has 7 heteroatoms. The number of ether oxygens (including phenoxy) is 1. The number of piperidine rings is 1. The minimum Gasteiger partial charge on any atom is -0.480 e. The molecular weight excluding hydrogens is 432 g/mol. The minimum absolute atomic E-state index is 0.0781. The van der Waals surface area contributed by atoms with Crippen LogP contribution in [0.5, 0.6) is 0 Å². The highest BCUT2D eigenvalue weighted by atomic mass is 16.5. The molecule has 4 rings (SSSR count). The molecular formula is C27H32N2O5. The summed E-state index contributed by atoms with van der Waals surface area (Å²) in [7, 11) is 0. The lowest BCUT2D eigenvalue weighted by atomic mass is 9.89. The van der Waals surface area contributed by atoms with E-state index in [1.807, 2.05) is 57.2 Å². The minimum atomic E-state index is -1.01. The van der Waals surface area contributed by atoms with Gasteiger partial charge >= 0.3 is 12.1 Å². The normalized spacial score (nSPS) is 20.4. The second-order valence-corrected chi connectivity index (χ2v) is 9.63. The first kappa shape index (κ1) is 23.8. The van der Waals surface area contributed by atoms with Crippen molar-refractivity contribution < 1.29 is 24.2 Å². The Morgan fingerprint density at radius 2 is 1.65 bits per heavy atom. The molecule has 34 heavy (non-hydrogen) atoms. The van der Waals surface area contributed by atoms with Crippen molar-refractivity contribution in [2.45, 2.75) is 51.6 Å². The molecule has 1 saturated heterocycles. The average Bonchev–Trinajstić information content (AvgIpc) is 3.14. The van der Waals surface area contributed by atoms with Gasteiger partial charge in [-0.25, -0.2) is 9.59 Å². The van der Waals surface area contributed by atoms with E-state index in [0.29, 0.717) is 6.54 Å². The molecule has 0 radical (unpaired) electrons. The van der Waals surface area contributed by atoms with E-state index in [4.69, 9.17) is 4.74 Å². The van der Waals surface area contributed by atoms with Gasteiger partial charge in [0.15, 0.2) is 0 Å². The predicted molar refractivity (Wildman–Crippen MR) is 128 cm³/mol. The fourth-order valence-electron chi connectivity index (χ4n) is 5.27. The van der Waals surface area contributed by atoms with E-state index in [0.717, 1.165) is 35.1 Å². The van der Waals surface area contributed by atoms with Crippen LogP contribution in [-0.4, -0.2) is 53.2 Å². The van der Waals surface area contributed by atoms with Gasteiger partial charge < -0.3 is 20.1 Å². The number of likely N-dealkylation sites (tertiary alicyclic amines) is 1. The quantitative estimate of drug-likeness (QED) is 0.666. The number of carboxylic acid groups (broad SMARTS) is 1. The van der Waals surface area contributed by atoms with E-state index in [9.17, 15) is 19.5 Å². The molecule has 2 N–H and O–H groups in total. The smallest absolute Gasteiger partial charge is 0.407 e. The highest BCUT2D eigenvalue weighted by Crippen LogP contribution is 2.44. The Kier molecular flexibility index (Phi) is 6.91. The number of carbonyl (C=O) groups is 3. The van der Waals surface area contributed by atoms with Crippen LogP contribution in [0.2, 0.25) is 0 Å². The number of hydrogen-bond acceptors (Lipinski definition) is 4. The Bertz CT molecular complexity index is 1040. The lowest BCUT2D eigenvalue weighted by molar-refractivity contribution is -0.156. The second-order valence-electron chi connectivity index (χ2n) is 9.63. The predicted octanol–water partition coefficient (Wildman–Crippen LogP) is 4.26. The third-order valence-electron chi connectivity index (χ3n) is 7.02.